The molecule has 3 nitrogen and oxygen atoms in total. The van der Waals surface area contributed by atoms with Gasteiger partial charge in [0.15, 0.2) is 5.15 Å². The van der Waals surface area contributed by atoms with Gasteiger partial charge in [-0.25, -0.2) is 0 Å². The highest BCUT2D eigenvalue weighted by Gasteiger charge is 2.10. The molecule has 1 fully saturated rings. The lowest BCUT2D eigenvalue weighted by Gasteiger charge is -2.17. The number of halogens is 4. The topological polar surface area (TPSA) is 35.0 Å². The molecule has 0 unspecified atom stereocenters. The van der Waals surface area contributed by atoms with E-state index in [2.05, 4.69) is 22.3 Å². The second kappa shape index (κ2) is 9.60. The van der Waals surface area contributed by atoms with Crippen LogP contribution in [0.15, 0.2) is 12.1 Å². The normalized spacial score (nSPS) is 15.9. The Hall–Kier alpha value is -1.30. The Bertz CT molecular complexity index is 449. The third kappa shape index (κ3) is 7.32. The summed E-state index contributed by atoms with van der Waals surface area (Å²) in [4.78, 5) is 0. The number of alkyl halides is 3. The van der Waals surface area contributed by atoms with Gasteiger partial charge in [-0.15, -0.1) is 10.2 Å². The van der Waals surface area contributed by atoms with Crippen molar-refractivity contribution in [3.8, 4) is 5.88 Å². The molecule has 118 valence electrons. The Morgan fingerprint density at radius 2 is 1.86 bits per heavy atom. The number of nitrogens with zero attached hydrogens (tertiary/aromatic N) is 2. The molecule has 2 rings (SSSR count). The van der Waals surface area contributed by atoms with E-state index in [0.29, 0.717) is 17.0 Å². The van der Waals surface area contributed by atoms with E-state index in [-0.39, 0.29) is 0 Å². The van der Waals surface area contributed by atoms with Gasteiger partial charge >= 0.3 is 6.68 Å². The fraction of sp³-hybridized carbons (Fsp3) is 0.571. The quantitative estimate of drug-likeness (QED) is 0.793. The smallest absolute Gasteiger partial charge is 0.379 e. The van der Waals surface area contributed by atoms with Crippen molar-refractivity contribution in [1.29, 1.82) is 0 Å². The Morgan fingerprint density at radius 3 is 2.43 bits per heavy atom. The molecule has 1 saturated carbocycles. The molecule has 1 aliphatic rings. The lowest BCUT2D eigenvalue weighted by molar-refractivity contribution is 0.00819. The highest BCUT2D eigenvalue weighted by Crippen LogP contribution is 2.26. The molecule has 7 heteroatoms. The van der Waals surface area contributed by atoms with E-state index in [1.54, 1.807) is 13.2 Å². The highest BCUT2D eigenvalue weighted by atomic mass is 35.5. The van der Waals surface area contributed by atoms with Gasteiger partial charge in [-0.1, -0.05) is 43.0 Å². The SMILES string of the molecule is COc1nnc(Cl)cc1/C=C/C1CCCCC1.FC(F)F. The molecule has 1 aromatic rings. The molecule has 0 spiro atoms. The predicted molar refractivity (Wildman–Crippen MR) is 76.3 cm³/mol. The average Bonchev–Trinajstić information content (AvgIpc) is 2.46. The predicted octanol–water partition coefficient (Wildman–Crippen LogP) is 4.91. The summed E-state index contributed by atoms with van der Waals surface area (Å²) in [5, 5.41) is 8.06. The van der Waals surface area contributed by atoms with Crippen LogP contribution >= 0.6 is 11.6 Å². The number of hydrogen-bond donors (Lipinski definition) is 0. The van der Waals surface area contributed by atoms with Gasteiger partial charge in [-0.2, -0.15) is 13.2 Å². The zero-order valence-corrected chi connectivity index (χ0v) is 12.5. The first kappa shape index (κ1) is 17.8. The van der Waals surface area contributed by atoms with Crippen molar-refractivity contribution < 1.29 is 17.9 Å². The molecule has 1 heterocycles. The van der Waals surface area contributed by atoms with Gasteiger partial charge < -0.3 is 4.74 Å². The molecule has 0 aliphatic heterocycles. The average molecular weight is 323 g/mol. The van der Waals surface area contributed by atoms with Gasteiger partial charge in [-0.05, 0) is 24.8 Å². The summed E-state index contributed by atoms with van der Waals surface area (Å²) in [6.07, 6.45) is 10.9. The van der Waals surface area contributed by atoms with E-state index in [9.17, 15) is 13.2 Å². The van der Waals surface area contributed by atoms with Crippen molar-refractivity contribution >= 4 is 17.7 Å². The third-order valence-corrected chi connectivity index (χ3v) is 3.33. The van der Waals surface area contributed by atoms with Gasteiger partial charge in [0.05, 0.1) is 7.11 Å². The minimum atomic E-state index is -3.67. The second-order valence-electron chi connectivity index (χ2n) is 4.64. The summed E-state index contributed by atoms with van der Waals surface area (Å²) in [7, 11) is 1.59. The Labute approximate surface area is 127 Å². The van der Waals surface area contributed by atoms with Crippen LogP contribution in [-0.4, -0.2) is 24.0 Å². The maximum atomic E-state index is 9.67. The number of aromatic nitrogens is 2. The fourth-order valence-electron chi connectivity index (χ4n) is 2.21. The first-order valence-electron chi connectivity index (χ1n) is 6.70. The van der Waals surface area contributed by atoms with Crippen LogP contribution < -0.4 is 4.74 Å². The van der Waals surface area contributed by atoms with E-state index in [0.717, 1.165) is 5.56 Å². The molecular weight excluding hydrogens is 305 g/mol. The number of ether oxygens (including phenoxy) is 1. The minimum Gasteiger partial charge on any atom is -0.479 e. The minimum absolute atomic E-state index is 0.397. The van der Waals surface area contributed by atoms with Crippen LogP contribution in [0.4, 0.5) is 13.2 Å². The van der Waals surface area contributed by atoms with E-state index >= 15 is 0 Å². The summed E-state index contributed by atoms with van der Waals surface area (Å²) in [5.74, 6) is 1.21. The summed E-state index contributed by atoms with van der Waals surface area (Å²) < 4.78 is 34.2. The van der Waals surface area contributed by atoms with Crippen LogP contribution in [-0.2, 0) is 0 Å². The van der Waals surface area contributed by atoms with Crippen molar-refractivity contribution in [1.82, 2.24) is 10.2 Å². The van der Waals surface area contributed by atoms with Gasteiger partial charge in [0, 0.05) is 5.56 Å². The van der Waals surface area contributed by atoms with Gasteiger partial charge in [0.25, 0.3) is 0 Å². The van der Waals surface area contributed by atoms with Crippen LogP contribution in [0.1, 0.15) is 37.7 Å². The lowest BCUT2D eigenvalue weighted by atomic mass is 9.89. The molecule has 0 radical (unpaired) electrons. The van der Waals surface area contributed by atoms with Gasteiger partial charge in [-0.3, -0.25) is 0 Å². The molecule has 0 aromatic carbocycles. The van der Waals surface area contributed by atoms with Crippen LogP contribution in [0, 0.1) is 5.92 Å². The lowest BCUT2D eigenvalue weighted by Crippen LogP contribution is -2.02. The van der Waals surface area contributed by atoms with Crippen LogP contribution in [0.25, 0.3) is 6.08 Å². The molecule has 21 heavy (non-hydrogen) atoms. The number of rotatable bonds is 3. The summed E-state index contributed by atoms with van der Waals surface area (Å²) in [6, 6.07) is 1.78. The first-order chi connectivity index (χ1) is 10.0. The maximum absolute atomic E-state index is 9.67. The van der Waals surface area contributed by atoms with E-state index < -0.39 is 6.68 Å². The molecule has 0 N–H and O–H groups in total. The molecule has 0 atom stereocenters. The second-order valence-corrected chi connectivity index (χ2v) is 5.02. The van der Waals surface area contributed by atoms with Crippen LogP contribution in [0.2, 0.25) is 5.15 Å². The zero-order valence-electron chi connectivity index (χ0n) is 11.7. The Kier molecular flexibility index (Phi) is 8.12. The molecule has 1 aliphatic carbocycles. The summed E-state index contributed by atoms with van der Waals surface area (Å²) >= 11 is 5.83. The highest BCUT2D eigenvalue weighted by molar-refractivity contribution is 6.29. The maximum Gasteiger partial charge on any atom is 0.379 e. The molecule has 0 amide bonds. The van der Waals surface area contributed by atoms with Crippen molar-refractivity contribution in [3.63, 3.8) is 0 Å². The van der Waals surface area contributed by atoms with Gasteiger partial charge in [0.1, 0.15) is 0 Å². The molecular formula is C14H18ClF3N2O. The molecule has 1 aromatic heterocycles. The monoisotopic (exact) mass is 322 g/mol. The standard InChI is InChI=1S/C13H17ClN2O.CHF3/c1-17-13-11(9-12(14)15-16-13)8-7-10-5-3-2-4-6-10;2-1(3)4/h7-10H,2-6H2,1H3;1H/b8-7+;. The fourth-order valence-corrected chi connectivity index (χ4v) is 2.37. The van der Waals surface area contributed by atoms with E-state index in [4.69, 9.17) is 16.3 Å². The summed E-state index contributed by atoms with van der Waals surface area (Å²) in [5.41, 5.74) is 0.901. The van der Waals surface area contributed by atoms with Crippen molar-refractivity contribution in [2.45, 2.75) is 38.8 Å². The Morgan fingerprint density at radius 1 is 1.24 bits per heavy atom. The summed E-state index contributed by atoms with van der Waals surface area (Å²) in [6.45, 7) is -3.67. The van der Waals surface area contributed by atoms with Crippen molar-refractivity contribution in [3.05, 3.63) is 22.9 Å². The van der Waals surface area contributed by atoms with Crippen molar-refractivity contribution in [2.75, 3.05) is 7.11 Å². The third-order valence-electron chi connectivity index (χ3n) is 3.15. The zero-order chi connectivity index (χ0) is 15.7. The van der Waals surface area contributed by atoms with E-state index in [1.807, 2.05) is 0 Å². The number of hydrogen-bond acceptors (Lipinski definition) is 3. The van der Waals surface area contributed by atoms with Crippen molar-refractivity contribution in [2.24, 2.45) is 5.92 Å². The molecule has 0 saturated heterocycles. The largest absolute Gasteiger partial charge is 0.479 e. The van der Waals surface area contributed by atoms with Gasteiger partial charge in [0.2, 0.25) is 5.88 Å². The first-order valence-corrected chi connectivity index (χ1v) is 7.08. The van der Waals surface area contributed by atoms with Crippen LogP contribution in [0.3, 0.4) is 0 Å². The Balaban J connectivity index is 0.000000491. The van der Waals surface area contributed by atoms with Crippen LogP contribution in [0.5, 0.6) is 5.88 Å². The number of allylic oxidation sites excluding steroid dienone is 1. The molecule has 0 bridgehead atoms. The number of methoxy groups -OCH3 is 1. The van der Waals surface area contributed by atoms with E-state index in [1.165, 1.54) is 32.1 Å².